The molecule has 4 N–H and O–H groups in total. The number of anilines is 2. The largest absolute Gasteiger partial charge is 0.393 e. The number of hydrogen-bond acceptors (Lipinski definition) is 5. The second-order valence-electron chi connectivity index (χ2n) is 10.9. The molecule has 14 heteroatoms. The number of halogens is 6. The fourth-order valence-electron chi connectivity index (χ4n) is 5.35. The Morgan fingerprint density at radius 3 is 2.40 bits per heavy atom. The van der Waals surface area contributed by atoms with Crippen LogP contribution in [0.1, 0.15) is 48.0 Å². The van der Waals surface area contributed by atoms with Gasteiger partial charge in [-0.05, 0) is 37.1 Å². The minimum atomic E-state index is -4.24. The Hall–Kier alpha value is -3.16. The van der Waals surface area contributed by atoms with Gasteiger partial charge in [-0.3, -0.25) is 9.69 Å². The number of nitrogens with one attached hydrogen (secondary N) is 3. The van der Waals surface area contributed by atoms with Crippen molar-refractivity contribution in [1.82, 2.24) is 15.5 Å². The zero-order valence-corrected chi connectivity index (χ0v) is 24.2. The highest BCUT2D eigenvalue weighted by atomic mass is 35.5. The van der Waals surface area contributed by atoms with Gasteiger partial charge in [0.1, 0.15) is 0 Å². The predicted octanol–water partition coefficient (Wildman–Crippen LogP) is 5.30. The maximum absolute atomic E-state index is 15.0. The number of carbonyl (C=O) groups is 2. The molecule has 2 aromatic rings. The molecule has 0 bridgehead atoms. The number of nitrogens with zero attached hydrogens (tertiary/aromatic N) is 2. The lowest BCUT2D eigenvalue weighted by Gasteiger charge is -2.37. The van der Waals surface area contributed by atoms with Gasteiger partial charge in [0.2, 0.25) is 0 Å². The van der Waals surface area contributed by atoms with Crippen LogP contribution in [0.15, 0.2) is 30.3 Å². The van der Waals surface area contributed by atoms with E-state index in [9.17, 15) is 36.6 Å². The average molecular weight is 632 g/mol. The number of urea groups is 1. The second-order valence-corrected chi connectivity index (χ2v) is 11.3. The molecular formula is C29H35ClF5N5O3. The molecule has 2 fully saturated rings. The van der Waals surface area contributed by atoms with Crippen LogP contribution in [0, 0.1) is 17.6 Å². The predicted molar refractivity (Wildman–Crippen MR) is 153 cm³/mol. The highest BCUT2D eigenvalue weighted by molar-refractivity contribution is 6.31. The standard InChI is InChI=1S/C29H35ClF5N5O3/c30-20-6-8-22(23(15-20)40-13-11-39(12-14-40)10-9-29(33,34)35)38-27(42)21-7-5-19(25(31)26(21)32)17-37-28(43)36-16-18-3-1-2-4-24(18)41/h5-8,15,18,24,41H,1-4,9-14,16-17H2,(H,38,42)(H2,36,37,43)/t18-,24+/m0/s1. The first kappa shape index (κ1) is 32.7. The summed E-state index contributed by atoms with van der Waals surface area (Å²) in [5.41, 5.74) is 0.0839. The van der Waals surface area contributed by atoms with Gasteiger partial charge in [-0.1, -0.05) is 30.5 Å². The minimum absolute atomic E-state index is 0.0551. The molecule has 1 saturated heterocycles. The van der Waals surface area contributed by atoms with Gasteiger partial charge < -0.3 is 26.0 Å². The first-order valence-corrected chi connectivity index (χ1v) is 14.6. The smallest absolute Gasteiger partial charge is 0.390 e. The highest BCUT2D eigenvalue weighted by Gasteiger charge is 2.29. The van der Waals surface area contributed by atoms with E-state index in [0.29, 0.717) is 43.3 Å². The maximum atomic E-state index is 15.0. The Bertz CT molecular complexity index is 1290. The summed E-state index contributed by atoms with van der Waals surface area (Å²) in [6, 6.07) is 6.37. The van der Waals surface area contributed by atoms with Crippen molar-refractivity contribution in [3.63, 3.8) is 0 Å². The van der Waals surface area contributed by atoms with E-state index in [1.165, 1.54) is 18.2 Å². The third-order valence-electron chi connectivity index (χ3n) is 7.87. The summed E-state index contributed by atoms with van der Waals surface area (Å²) in [4.78, 5) is 28.7. The van der Waals surface area contributed by atoms with Gasteiger partial charge >= 0.3 is 12.2 Å². The first-order chi connectivity index (χ1) is 20.4. The Balaban J connectivity index is 1.35. The van der Waals surface area contributed by atoms with Crippen LogP contribution in [0.25, 0.3) is 0 Å². The SMILES string of the molecule is O=C(NCc1ccc(C(=O)Nc2ccc(Cl)cc2N2CCN(CCC(F)(F)F)CC2)c(F)c1F)NC[C@@H]1CCCC[C@H]1O. The van der Waals surface area contributed by atoms with Crippen LogP contribution >= 0.6 is 11.6 Å². The molecule has 1 saturated carbocycles. The fraction of sp³-hybridized carbons (Fsp3) is 0.517. The summed E-state index contributed by atoms with van der Waals surface area (Å²) < 4.78 is 67.6. The van der Waals surface area contributed by atoms with Gasteiger partial charge in [-0.2, -0.15) is 13.2 Å². The summed E-state index contributed by atoms with van der Waals surface area (Å²) >= 11 is 6.17. The van der Waals surface area contributed by atoms with Crippen LogP contribution in [0.3, 0.4) is 0 Å². The molecule has 2 aromatic carbocycles. The van der Waals surface area contributed by atoms with Crippen molar-refractivity contribution in [3.05, 3.63) is 58.1 Å². The maximum Gasteiger partial charge on any atom is 0.390 e. The number of benzene rings is 2. The van der Waals surface area contributed by atoms with Gasteiger partial charge in [-0.15, -0.1) is 0 Å². The zero-order chi connectivity index (χ0) is 31.1. The second kappa shape index (κ2) is 14.5. The quantitative estimate of drug-likeness (QED) is 0.282. The molecule has 8 nitrogen and oxygen atoms in total. The van der Waals surface area contributed by atoms with Crippen molar-refractivity contribution in [2.75, 3.05) is 49.5 Å². The van der Waals surface area contributed by atoms with Crippen molar-refractivity contribution in [2.45, 2.75) is 50.9 Å². The van der Waals surface area contributed by atoms with Crippen molar-refractivity contribution in [3.8, 4) is 0 Å². The zero-order valence-electron chi connectivity index (χ0n) is 23.5. The summed E-state index contributed by atoms with van der Waals surface area (Å²) in [6.45, 7) is 1.32. The van der Waals surface area contributed by atoms with E-state index in [-0.39, 0.29) is 36.8 Å². The molecule has 0 spiro atoms. The van der Waals surface area contributed by atoms with E-state index >= 15 is 0 Å². The van der Waals surface area contributed by atoms with E-state index < -0.39 is 47.8 Å². The molecule has 2 atom stereocenters. The molecule has 3 amide bonds. The summed E-state index contributed by atoms with van der Waals surface area (Å²) in [7, 11) is 0. The van der Waals surface area contributed by atoms with Crippen LogP contribution in [-0.4, -0.2) is 73.5 Å². The molecule has 1 aliphatic carbocycles. The summed E-state index contributed by atoms with van der Waals surface area (Å²) in [5, 5.41) is 18.1. The lowest BCUT2D eigenvalue weighted by atomic mass is 9.86. The number of alkyl halides is 3. The number of aliphatic hydroxyl groups excluding tert-OH is 1. The molecule has 0 aromatic heterocycles. The Morgan fingerprint density at radius 1 is 0.977 bits per heavy atom. The van der Waals surface area contributed by atoms with E-state index in [1.807, 2.05) is 4.90 Å². The molecule has 4 rings (SSSR count). The summed E-state index contributed by atoms with van der Waals surface area (Å²) in [5.74, 6) is -3.62. The van der Waals surface area contributed by atoms with E-state index in [1.54, 1.807) is 11.0 Å². The number of aliphatic hydroxyl groups is 1. The lowest BCUT2D eigenvalue weighted by Crippen LogP contribution is -2.47. The van der Waals surface area contributed by atoms with Gasteiger partial charge in [0, 0.05) is 62.3 Å². The molecule has 1 aliphatic heterocycles. The molecule has 236 valence electrons. The van der Waals surface area contributed by atoms with Crippen molar-refractivity contribution >= 4 is 34.9 Å². The van der Waals surface area contributed by atoms with E-state index in [4.69, 9.17) is 11.6 Å². The normalized spacial score (nSPS) is 19.7. The Labute approximate surface area is 251 Å². The first-order valence-electron chi connectivity index (χ1n) is 14.2. The third kappa shape index (κ3) is 9.16. The minimum Gasteiger partial charge on any atom is -0.393 e. The number of piperazine rings is 1. The van der Waals surface area contributed by atoms with Crippen LogP contribution < -0.4 is 20.9 Å². The van der Waals surface area contributed by atoms with Crippen LogP contribution in [-0.2, 0) is 6.54 Å². The van der Waals surface area contributed by atoms with Gasteiger partial charge in [0.15, 0.2) is 11.6 Å². The van der Waals surface area contributed by atoms with Gasteiger partial charge in [0.25, 0.3) is 5.91 Å². The Morgan fingerprint density at radius 2 is 1.70 bits per heavy atom. The number of rotatable bonds is 9. The fourth-order valence-corrected chi connectivity index (χ4v) is 5.51. The highest BCUT2D eigenvalue weighted by Crippen LogP contribution is 2.31. The van der Waals surface area contributed by atoms with Crippen LogP contribution in [0.2, 0.25) is 5.02 Å². The van der Waals surface area contributed by atoms with Gasteiger partial charge in [0.05, 0.1) is 29.5 Å². The van der Waals surface area contributed by atoms with Crippen LogP contribution in [0.5, 0.6) is 0 Å². The molecule has 0 radical (unpaired) electrons. The molecule has 43 heavy (non-hydrogen) atoms. The van der Waals surface area contributed by atoms with Crippen molar-refractivity contribution < 1.29 is 36.6 Å². The lowest BCUT2D eigenvalue weighted by molar-refractivity contribution is -0.138. The Kier molecular flexibility index (Phi) is 11.1. The molecule has 1 heterocycles. The monoisotopic (exact) mass is 631 g/mol. The number of hydrogen-bond donors (Lipinski definition) is 4. The third-order valence-corrected chi connectivity index (χ3v) is 8.11. The molecular weight excluding hydrogens is 597 g/mol. The average Bonchev–Trinajstić information content (AvgIpc) is 2.97. The molecule has 2 aliphatic rings. The van der Waals surface area contributed by atoms with Crippen molar-refractivity contribution in [2.24, 2.45) is 5.92 Å². The van der Waals surface area contributed by atoms with Crippen LogP contribution in [0.4, 0.5) is 38.1 Å². The number of amides is 3. The summed E-state index contributed by atoms with van der Waals surface area (Å²) in [6.07, 6.45) is -2.23. The van der Waals surface area contributed by atoms with Gasteiger partial charge in [-0.25, -0.2) is 13.6 Å². The van der Waals surface area contributed by atoms with E-state index in [2.05, 4.69) is 16.0 Å². The topological polar surface area (TPSA) is 96.9 Å². The number of carbonyl (C=O) groups excluding carboxylic acids is 2. The molecule has 0 unspecified atom stereocenters. The van der Waals surface area contributed by atoms with Crippen molar-refractivity contribution in [1.29, 1.82) is 0 Å². The van der Waals surface area contributed by atoms with E-state index in [0.717, 1.165) is 25.3 Å².